The number of carbonyl (C=O) groups excluding carboxylic acids is 1. The van der Waals surface area contributed by atoms with Crippen molar-refractivity contribution in [2.75, 3.05) is 13.7 Å². The SMILES string of the molecule is CCOC(=O)C1=C(C)N=c2sc(=Cc3ccc(O)cc3)c(=O)n2C1c1ccccc1OC. The lowest BCUT2D eigenvalue weighted by Gasteiger charge is -2.25. The monoisotopic (exact) mass is 450 g/mol. The highest BCUT2D eigenvalue weighted by Gasteiger charge is 2.34. The average Bonchev–Trinajstić information content (AvgIpc) is 3.09. The number of esters is 1. The summed E-state index contributed by atoms with van der Waals surface area (Å²) in [6.07, 6.45) is 1.74. The van der Waals surface area contributed by atoms with E-state index in [1.54, 1.807) is 57.4 Å². The molecule has 0 saturated heterocycles. The van der Waals surface area contributed by atoms with Crippen molar-refractivity contribution in [2.45, 2.75) is 19.9 Å². The van der Waals surface area contributed by atoms with Gasteiger partial charge in [0, 0.05) is 5.56 Å². The number of hydrogen-bond acceptors (Lipinski definition) is 7. The van der Waals surface area contributed by atoms with Gasteiger partial charge in [-0.1, -0.05) is 41.7 Å². The third-order valence-electron chi connectivity index (χ3n) is 5.14. The highest BCUT2D eigenvalue weighted by atomic mass is 32.1. The number of ether oxygens (including phenoxy) is 2. The molecule has 0 fully saturated rings. The molecule has 0 radical (unpaired) electrons. The van der Waals surface area contributed by atoms with Crippen LogP contribution in [0.25, 0.3) is 6.08 Å². The summed E-state index contributed by atoms with van der Waals surface area (Å²) < 4.78 is 12.8. The van der Waals surface area contributed by atoms with E-state index in [1.165, 1.54) is 15.9 Å². The molecule has 3 aromatic rings. The van der Waals surface area contributed by atoms with Crippen LogP contribution in [0.3, 0.4) is 0 Å². The second-order valence-corrected chi connectivity index (χ2v) is 8.14. The summed E-state index contributed by atoms with van der Waals surface area (Å²) in [7, 11) is 1.55. The Morgan fingerprint density at radius 3 is 2.62 bits per heavy atom. The molecule has 2 aromatic carbocycles. The van der Waals surface area contributed by atoms with Crippen LogP contribution < -0.4 is 19.6 Å². The number of rotatable bonds is 5. The van der Waals surface area contributed by atoms with Gasteiger partial charge in [0.2, 0.25) is 0 Å². The normalized spacial score (nSPS) is 15.8. The van der Waals surface area contributed by atoms with Crippen molar-refractivity contribution in [1.82, 2.24) is 4.57 Å². The van der Waals surface area contributed by atoms with Gasteiger partial charge in [0.25, 0.3) is 5.56 Å². The van der Waals surface area contributed by atoms with Crippen molar-refractivity contribution in [3.05, 3.63) is 90.6 Å². The van der Waals surface area contributed by atoms with Crippen LogP contribution in [0.4, 0.5) is 0 Å². The standard InChI is InChI=1S/C24H22N2O5S/c1-4-31-23(29)20-14(2)25-24-26(21(20)17-7-5-6-8-18(17)30-3)22(28)19(32-24)13-15-9-11-16(27)12-10-15/h5-13,21,27H,4H2,1-3H3. The van der Waals surface area contributed by atoms with E-state index in [-0.39, 0.29) is 17.9 Å². The fourth-order valence-electron chi connectivity index (χ4n) is 3.70. The molecule has 7 nitrogen and oxygen atoms in total. The average molecular weight is 451 g/mol. The Morgan fingerprint density at radius 2 is 1.94 bits per heavy atom. The van der Waals surface area contributed by atoms with Crippen LogP contribution in [0, 0.1) is 0 Å². The number of carbonyl (C=O) groups is 1. The molecule has 164 valence electrons. The first-order chi connectivity index (χ1) is 15.4. The van der Waals surface area contributed by atoms with Crippen LogP contribution in [0.1, 0.15) is 31.0 Å². The quantitative estimate of drug-likeness (QED) is 0.604. The van der Waals surface area contributed by atoms with Crippen LogP contribution >= 0.6 is 11.3 Å². The molecule has 0 spiro atoms. The molecule has 1 aromatic heterocycles. The van der Waals surface area contributed by atoms with Gasteiger partial charge in [0.15, 0.2) is 4.80 Å². The predicted molar refractivity (Wildman–Crippen MR) is 121 cm³/mol. The Hall–Kier alpha value is -3.65. The predicted octanol–water partition coefficient (Wildman–Crippen LogP) is 2.51. The molecule has 0 amide bonds. The minimum Gasteiger partial charge on any atom is -0.508 e. The number of aromatic hydroxyl groups is 1. The van der Waals surface area contributed by atoms with Crippen molar-refractivity contribution in [2.24, 2.45) is 4.99 Å². The molecule has 1 unspecified atom stereocenters. The molecule has 32 heavy (non-hydrogen) atoms. The number of thiazole rings is 1. The van der Waals surface area contributed by atoms with Crippen LogP contribution in [-0.4, -0.2) is 29.4 Å². The first-order valence-corrected chi connectivity index (χ1v) is 10.9. The number of methoxy groups -OCH3 is 1. The smallest absolute Gasteiger partial charge is 0.338 e. The zero-order valence-electron chi connectivity index (χ0n) is 17.9. The van der Waals surface area contributed by atoms with E-state index in [0.717, 1.165) is 5.56 Å². The van der Waals surface area contributed by atoms with Crippen molar-refractivity contribution in [1.29, 1.82) is 0 Å². The van der Waals surface area contributed by atoms with Crippen LogP contribution in [0.2, 0.25) is 0 Å². The summed E-state index contributed by atoms with van der Waals surface area (Å²) in [6, 6.07) is 13.1. The third kappa shape index (κ3) is 3.85. The van der Waals surface area contributed by atoms with Gasteiger partial charge in [0.05, 0.1) is 29.5 Å². The molecule has 2 heterocycles. The minimum absolute atomic E-state index is 0.148. The zero-order valence-corrected chi connectivity index (χ0v) is 18.7. The zero-order chi connectivity index (χ0) is 22.8. The number of allylic oxidation sites excluding steroid dienone is 1. The van der Waals surface area contributed by atoms with E-state index < -0.39 is 12.0 Å². The molecule has 0 aliphatic carbocycles. The Bertz CT molecular complexity index is 1380. The van der Waals surface area contributed by atoms with Gasteiger partial charge in [-0.05, 0) is 43.7 Å². The van der Waals surface area contributed by atoms with Crippen molar-refractivity contribution in [3.63, 3.8) is 0 Å². The summed E-state index contributed by atoms with van der Waals surface area (Å²) in [5, 5.41) is 9.52. The number of benzene rings is 2. The molecule has 1 aliphatic rings. The van der Waals surface area contributed by atoms with Gasteiger partial charge >= 0.3 is 5.97 Å². The number of phenols is 1. The second-order valence-electron chi connectivity index (χ2n) is 7.14. The number of phenolic OH excluding ortho intramolecular Hbond substituents is 1. The lowest BCUT2D eigenvalue weighted by Crippen LogP contribution is -2.40. The van der Waals surface area contributed by atoms with Crippen molar-refractivity contribution in [3.8, 4) is 11.5 Å². The Kier molecular flexibility index (Phi) is 5.96. The fourth-order valence-corrected chi connectivity index (χ4v) is 4.75. The molecule has 0 saturated carbocycles. The van der Waals surface area contributed by atoms with Crippen LogP contribution in [-0.2, 0) is 9.53 Å². The Balaban J connectivity index is 1.98. The van der Waals surface area contributed by atoms with E-state index in [9.17, 15) is 14.7 Å². The van der Waals surface area contributed by atoms with Crippen LogP contribution in [0.5, 0.6) is 11.5 Å². The summed E-state index contributed by atoms with van der Waals surface area (Å²) in [6.45, 7) is 3.68. The number of aromatic nitrogens is 1. The van der Waals surface area contributed by atoms with Gasteiger partial charge in [-0.2, -0.15) is 0 Å². The largest absolute Gasteiger partial charge is 0.508 e. The molecule has 8 heteroatoms. The van der Waals surface area contributed by atoms with E-state index in [4.69, 9.17) is 9.47 Å². The number of nitrogens with zero attached hydrogens (tertiary/aromatic N) is 2. The van der Waals surface area contributed by atoms with Gasteiger partial charge < -0.3 is 14.6 Å². The second kappa shape index (κ2) is 8.84. The molecule has 4 rings (SSSR count). The summed E-state index contributed by atoms with van der Waals surface area (Å²) in [4.78, 5) is 31.5. The molecule has 1 atom stereocenters. The number of fused-ring (bicyclic) bond motifs is 1. The fraction of sp³-hybridized carbons (Fsp3) is 0.208. The summed E-state index contributed by atoms with van der Waals surface area (Å²) in [5.74, 6) is 0.189. The molecule has 1 N–H and O–H groups in total. The minimum atomic E-state index is -0.733. The van der Waals surface area contributed by atoms with Gasteiger partial charge in [-0.25, -0.2) is 9.79 Å². The van der Waals surface area contributed by atoms with E-state index in [2.05, 4.69) is 4.99 Å². The topological polar surface area (TPSA) is 90.1 Å². The maximum Gasteiger partial charge on any atom is 0.338 e. The maximum absolute atomic E-state index is 13.5. The van der Waals surface area contributed by atoms with Crippen LogP contribution in [0.15, 0.2) is 69.6 Å². The molecular formula is C24H22N2O5S. The Morgan fingerprint density at radius 1 is 1.22 bits per heavy atom. The highest BCUT2D eigenvalue weighted by Crippen LogP contribution is 2.35. The maximum atomic E-state index is 13.5. The third-order valence-corrected chi connectivity index (χ3v) is 6.12. The molecular weight excluding hydrogens is 428 g/mol. The lowest BCUT2D eigenvalue weighted by atomic mass is 9.95. The van der Waals surface area contributed by atoms with Crippen molar-refractivity contribution < 1.29 is 19.4 Å². The van der Waals surface area contributed by atoms with Gasteiger partial charge in [-0.15, -0.1) is 0 Å². The lowest BCUT2D eigenvalue weighted by molar-refractivity contribution is -0.139. The number of hydrogen-bond donors (Lipinski definition) is 1. The van der Waals surface area contributed by atoms with Crippen molar-refractivity contribution >= 4 is 23.4 Å². The van der Waals surface area contributed by atoms with E-state index in [0.29, 0.717) is 31.9 Å². The molecule has 1 aliphatic heterocycles. The van der Waals surface area contributed by atoms with E-state index in [1.807, 2.05) is 18.2 Å². The highest BCUT2D eigenvalue weighted by molar-refractivity contribution is 7.07. The number of para-hydroxylation sites is 1. The summed E-state index contributed by atoms with van der Waals surface area (Å²) >= 11 is 1.24. The first-order valence-electron chi connectivity index (χ1n) is 10.1. The van der Waals surface area contributed by atoms with Gasteiger partial charge in [-0.3, -0.25) is 9.36 Å². The van der Waals surface area contributed by atoms with Gasteiger partial charge in [0.1, 0.15) is 17.5 Å². The first kappa shape index (κ1) is 21.6. The Labute approximate surface area is 188 Å². The molecule has 0 bridgehead atoms. The summed E-state index contributed by atoms with van der Waals surface area (Å²) in [5.41, 5.74) is 1.97. The van der Waals surface area contributed by atoms with E-state index >= 15 is 0 Å².